The van der Waals surface area contributed by atoms with Crippen LogP contribution in [0.15, 0.2) is 0 Å². The van der Waals surface area contributed by atoms with E-state index in [4.69, 9.17) is 0 Å². The van der Waals surface area contributed by atoms with E-state index < -0.39 is 0 Å². The molecule has 0 aliphatic heterocycles. The lowest BCUT2D eigenvalue weighted by Gasteiger charge is -2.20. The van der Waals surface area contributed by atoms with Gasteiger partial charge >= 0.3 is 0 Å². The summed E-state index contributed by atoms with van der Waals surface area (Å²) in [5.74, 6) is 4.55. The zero-order valence-corrected chi connectivity index (χ0v) is 12.2. The van der Waals surface area contributed by atoms with Crippen LogP contribution in [-0.4, -0.2) is 17.3 Å². The molecule has 17 heavy (non-hydrogen) atoms. The van der Waals surface area contributed by atoms with Gasteiger partial charge in [0.2, 0.25) is 5.91 Å². The second-order valence-electron chi connectivity index (χ2n) is 6.44. The Hall–Kier alpha value is -0.0500. The Bertz CT molecular complexity index is 316. The van der Waals surface area contributed by atoms with E-state index in [0.29, 0.717) is 23.8 Å². The van der Waals surface area contributed by atoms with Gasteiger partial charge in [0.25, 0.3) is 0 Å². The summed E-state index contributed by atoms with van der Waals surface area (Å²) in [6, 6.07) is 0.292. The number of amides is 1. The summed E-state index contributed by atoms with van der Waals surface area (Å²) in [5.41, 5.74) is 0. The Labute approximate surface area is 112 Å². The summed E-state index contributed by atoms with van der Waals surface area (Å²) >= 11 is 3.48. The van der Waals surface area contributed by atoms with Crippen molar-refractivity contribution in [3.05, 3.63) is 0 Å². The lowest BCUT2D eigenvalue weighted by molar-refractivity contribution is -0.124. The maximum atomic E-state index is 12.2. The minimum atomic E-state index is 0.292. The number of carbonyl (C=O) groups excluding carboxylic acids is 1. The molecule has 3 heteroatoms. The third-order valence-corrected chi connectivity index (χ3v) is 6.53. The zero-order valence-electron chi connectivity index (χ0n) is 10.7. The molecule has 2 bridgehead atoms. The van der Waals surface area contributed by atoms with Crippen molar-refractivity contribution in [3.8, 4) is 0 Å². The molecule has 0 aromatic rings. The van der Waals surface area contributed by atoms with E-state index in [1.807, 2.05) is 0 Å². The van der Waals surface area contributed by atoms with Gasteiger partial charge in [-0.1, -0.05) is 22.9 Å². The summed E-state index contributed by atoms with van der Waals surface area (Å²) in [4.78, 5) is 12.2. The highest BCUT2D eigenvalue weighted by molar-refractivity contribution is 9.09. The first-order valence-electron chi connectivity index (χ1n) is 6.99. The Morgan fingerprint density at radius 1 is 1.29 bits per heavy atom. The number of hydrogen-bond donors (Lipinski definition) is 1. The maximum Gasteiger partial charge on any atom is 0.223 e. The fourth-order valence-corrected chi connectivity index (χ4v) is 4.83. The van der Waals surface area contributed by atoms with E-state index in [1.165, 1.54) is 19.3 Å². The van der Waals surface area contributed by atoms with Crippen LogP contribution in [0.2, 0.25) is 0 Å². The van der Waals surface area contributed by atoms with Crippen molar-refractivity contribution in [2.45, 2.75) is 39.2 Å². The first-order chi connectivity index (χ1) is 8.13. The highest BCUT2D eigenvalue weighted by Crippen LogP contribution is 2.69. The largest absolute Gasteiger partial charge is 0.353 e. The second kappa shape index (κ2) is 4.25. The zero-order chi connectivity index (χ0) is 12.2. The molecule has 0 saturated heterocycles. The molecule has 1 N–H and O–H groups in total. The number of alkyl halides is 1. The van der Waals surface area contributed by atoms with Crippen LogP contribution in [0, 0.1) is 35.5 Å². The van der Waals surface area contributed by atoms with Crippen molar-refractivity contribution in [2.24, 2.45) is 35.5 Å². The summed E-state index contributed by atoms with van der Waals surface area (Å²) in [7, 11) is 0. The average molecular weight is 300 g/mol. The predicted molar refractivity (Wildman–Crippen MR) is 71.9 cm³/mol. The molecule has 3 aliphatic carbocycles. The molecule has 2 nitrogen and oxygen atoms in total. The molecular weight excluding hydrogens is 278 g/mol. The van der Waals surface area contributed by atoms with Crippen molar-refractivity contribution < 1.29 is 4.79 Å². The van der Waals surface area contributed by atoms with Gasteiger partial charge in [-0.15, -0.1) is 0 Å². The van der Waals surface area contributed by atoms with Crippen LogP contribution in [0.5, 0.6) is 0 Å². The first kappa shape index (κ1) is 12.0. The molecule has 96 valence electrons. The van der Waals surface area contributed by atoms with Crippen LogP contribution >= 0.6 is 15.9 Å². The molecule has 1 amide bonds. The monoisotopic (exact) mass is 299 g/mol. The molecule has 3 aliphatic rings. The number of nitrogens with one attached hydrogen (secondary N) is 1. The summed E-state index contributed by atoms with van der Waals surface area (Å²) in [6.45, 7) is 4.30. The third kappa shape index (κ3) is 1.85. The van der Waals surface area contributed by atoms with Crippen LogP contribution in [0.4, 0.5) is 0 Å². The van der Waals surface area contributed by atoms with Crippen LogP contribution in [0.3, 0.4) is 0 Å². The van der Waals surface area contributed by atoms with E-state index >= 15 is 0 Å². The Morgan fingerprint density at radius 3 is 2.41 bits per heavy atom. The van der Waals surface area contributed by atoms with Crippen LogP contribution in [0.1, 0.15) is 33.1 Å². The number of halogens is 1. The Balaban J connectivity index is 1.55. The van der Waals surface area contributed by atoms with Gasteiger partial charge in [0, 0.05) is 17.3 Å². The molecule has 6 atom stereocenters. The quantitative estimate of drug-likeness (QED) is 0.795. The second-order valence-corrected chi connectivity index (χ2v) is 7.09. The first-order valence-corrected chi connectivity index (χ1v) is 8.12. The van der Waals surface area contributed by atoms with Crippen molar-refractivity contribution in [3.63, 3.8) is 0 Å². The van der Waals surface area contributed by atoms with Gasteiger partial charge in [0.1, 0.15) is 0 Å². The fraction of sp³-hybridized carbons (Fsp3) is 0.929. The molecule has 0 heterocycles. The van der Waals surface area contributed by atoms with Crippen molar-refractivity contribution in [1.29, 1.82) is 0 Å². The summed E-state index contributed by atoms with van der Waals surface area (Å²) in [6.07, 6.45) is 4.21. The minimum absolute atomic E-state index is 0.292. The standard InChI is InChI=1S/C14H22BrNO/c1-7(6-15)8(2)16-14(17)13-11-9-3-4-10(5-9)12(11)13/h7-13H,3-6H2,1-2H3,(H,16,17). The van der Waals surface area contributed by atoms with Crippen LogP contribution < -0.4 is 5.32 Å². The lowest BCUT2D eigenvalue weighted by Crippen LogP contribution is -2.39. The minimum Gasteiger partial charge on any atom is -0.353 e. The number of fused-ring (bicyclic) bond motifs is 5. The van der Waals surface area contributed by atoms with E-state index in [2.05, 4.69) is 35.1 Å². The maximum absolute atomic E-state index is 12.2. The van der Waals surface area contributed by atoms with Gasteiger partial charge in [-0.05, 0) is 55.8 Å². The number of hydrogen-bond acceptors (Lipinski definition) is 1. The molecule has 6 unspecified atom stereocenters. The third-order valence-electron chi connectivity index (χ3n) is 5.50. The van der Waals surface area contributed by atoms with Gasteiger partial charge in [-0.3, -0.25) is 4.79 Å². The van der Waals surface area contributed by atoms with Crippen molar-refractivity contribution in [2.75, 3.05) is 5.33 Å². The van der Waals surface area contributed by atoms with Gasteiger partial charge in [0.15, 0.2) is 0 Å². The molecule has 3 saturated carbocycles. The Morgan fingerprint density at radius 2 is 1.88 bits per heavy atom. The van der Waals surface area contributed by atoms with Crippen LogP contribution in [0.25, 0.3) is 0 Å². The summed E-state index contributed by atoms with van der Waals surface area (Å²) < 4.78 is 0. The van der Waals surface area contributed by atoms with Crippen LogP contribution in [-0.2, 0) is 4.79 Å². The molecule has 0 aromatic carbocycles. The van der Waals surface area contributed by atoms with E-state index in [-0.39, 0.29) is 0 Å². The van der Waals surface area contributed by atoms with Gasteiger partial charge in [-0.25, -0.2) is 0 Å². The topological polar surface area (TPSA) is 29.1 Å². The smallest absolute Gasteiger partial charge is 0.223 e. The van der Waals surface area contributed by atoms with Crippen molar-refractivity contribution in [1.82, 2.24) is 5.32 Å². The van der Waals surface area contributed by atoms with E-state index in [0.717, 1.165) is 29.0 Å². The normalized spacial score (nSPS) is 45.2. The molecule has 3 fully saturated rings. The average Bonchev–Trinajstić information content (AvgIpc) is 2.78. The Kier molecular flexibility index (Phi) is 3.00. The predicted octanol–water partition coefficient (Wildman–Crippen LogP) is 2.81. The van der Waals surface area contributed by atoms with Gasteiger partial charge in [0.05, 0.1) is 0 Å². The molecule has 0 radical (unpaired) electrons. The highest BCUT2D eigenvalue weighted by atomic mass is 79.9. The molecule has 3 rings (SSSR count). The molecular formula is C14H22BrNO. The number of carbonyl (C=O) groups is 1. The van der Waals surface area contributed by atoms with E-state index in [1.54, 1.807) is 0 Å². The van der Waals surface area contributed by atoms with Gasteiger partial charge in [-0.2, -0.15) is 0 Å². The SMILES string of the molecule is CC(CBr)C(C)NC(=O)C1C2C3CCC(C3)C12. The van der Waals surface area contributed by atoms with Gasteiger partial charge < -0.3 is 5.32 Å². The molecule has 0 spiro atoms. The number of rotatable bonds is 4. The highest BCUT2D eigenvalue weighted by Gasteiger charge is 2.67. The van der Waals surface area contributed by atoms with Crippen molar-refractivity contribution >= 4 is 21.8 Å². The molecule has 0 aromatic heterocycles. The lowest BCUT2D eigenvalue weighted by atomic mass is 10.0. The fourth-order valence-electron chi connectivity index (χ4n) is 4.27. The van der Waals surface area contributed by atoms with E-state index in [9.17, 15) is 4.79 Å². The summed E-state index contributed by atoms with van der Waals surface area (Å²) in [5, 5.41) is 4.18.